The first-order chi connectivity index (χ1) is 7.66. The van der Waals surface area contributed by atoms with E-state index in [0.717, 1.165) is 3.79 Å². The van der Waals surface area contributed by atoms with Gasteiger partial charge in [0.05, 0.1) is 15.4 Å². The molecule has 1 atom stereocenters. The summed E-state index contributed by atoms with van der Waals surface area (Å²) in [6.07, 6.45) is 0. The summed E-state index contributed by atoms with van der Waals surface area (Å²) in [7, 11) is 0. The highest BCUT2D eigenvalue weighted by atomic mass is 79.9. The Bertz CT molecular complexity index is 478. The third-order valence-electron chi connectivity index (χ3n) is 2.15. The first kappa shape index (κ1) is 11.8. The van der Waals surface area contributed by atoms with Crippen molar-refractivity contribution in [3.63, 3.8) is 0 Å². The molecular formula is C11H10BrNOS2. The second kappa shape index (κ2) is 5.12. The maximum Gasteiger partial charge on any atom is 0.252 e. The van der Waals surface area contributed by atoms with Crippen molar-refractivity contribution in [2.75, 3.05) is 0 Å². The van der Waals surface area contributed by atoms with Crippen LogP contribution < -0.4 is 5.32 Å². The van der Waals surface area contributed by atoms with Gasteiger partial charge in [0.2, 0.25) is 0 Å². The molecule has 1 amide bonds. The minimum atomic E-state index is -0.0251. The van der Waals surface area contributed by atoms with Crippen molar-refractivity contribution in [2.45, 2.75) is 13.0 Å². The fourth-order valence-electron chi connectivity index (χ4n) is 1.32. The number of hydrogen-bond donors (Lipinski definition) is 1. The van der Waals surface area contributed by atoms with Crippen LogP contribution in [0.15, 0.2) is 32.7 Å². The number of thiophene rings is 2. The van der Waals surface area contributed by atoms with Crippen LogP contribution in [-0.2, 0) is 0 Å². The minimum Gasteiger partial charge on any atom is -0.345 e. The van der Waals surface area contributed by atoms with Crippen LogP contribution >= 0.6 is 38.6 Å². The van der Waals surface area contributed by atoms with Crippen LogP contribution in [0.4, 0.5) is 0 Å². The molecule has 2 aromatic heterocycles. The summed E-state index contributed by atoms with van der Waals surface area (Å²) in [4.78, 5) is 13.0. The molecule has 2 nitrogen and oxygen atoms in total. The molecule has 1 N–H and O–H groups in total. The highest BCUT2D eigenvalue weighted by Gasteiger charge is 2.12. The average molecular weight is 316 g/mol. The predicted octanol–water partition coefficient (Wildman–Crippen LogP) is 4.06. The maximum atomic E-state index is 11.8. The van der Waals surface area contributed by atoms with Gasteiger partial charge < -0.3 is 5.32 Å². The Labute approximate surface area is 110 Å². The Morgan fingerprint density at radius 1 is 1.50 bits per heavy atom. The lowest BCUT2D eigenvalue weighted by Gasteiger charge is -2.11. The molecule has 0 aromatic carbocycles. The first-order valence-corrected chi connectivity index (χ1v) is 7.30. The number of amides is 1. The van der Waals surface area contributed by atoms with E-state index in [1.54, 1.807) is 11.3 Å². The van der Waals surface area contributed by atoms with E-state index < -0.39 is 0 Å². The molecular weight excluding hydrogens is 306 g/mol. The van der Waals surface area contributed by atoms with Gasteiger partial charge in [-0.05, 0) is 40.4 Å². The summed E-state index contributed by atoms with van der Waals surface area (Å²) in [5, 5.41) is 6.83. The zero-order chi connectivity index (χ0) is 11.5. The SMILES string of the molecule is CC(NC(=O)c1csc(Br)c1)c1cccs1. The fraction of sp³-hybridized carbons (Fsp3) is 0.182. The molecule has 0 bridgehead atoms. The number of rotatable bonds is 3. The van der Waals surface area contributed by atoms with Gasteiger partial charge in [0.25, 0.3) is 5.91 Å². The van der Waals surface area contributed by atoms with E-state index in [0.29, 0.717) is 5.56 Å². The van der Waals surface area contributed by atoms with E-state index >= 15 is 0 Å². The van der Waals surface area contributed by atoms with Gasteiger partial charge in [-0.1, -0.05) is 6.07 Å². The van der Waals surface area contributed by atoms with Crippen LogP contribution in [0, 0.1) is 0 Å². The zero-order valence-corrected chi connectivity index (χ0v) is 11.8. The first-order valence-electron chi connectivity index (χ1n) is 4.75. The number of carbonyl (C=O) groups is 1. The predicted molar refractivity (Wildman–Crippen MR) is 72.2 cm³/mol. The lowest BCUT2D eigenvalue weighted by atomic mass is 10.2. The van der Waals surface area contributed by atoms with Crippen molar-refractivity contribution >= 4 is 44.5 Å². The van der Waals surface area contributed by atoms with Crippen molar-refractivity contribution in [1.82, 2.24) is 5.32 Å². The summed E-state index contributed by atoms with van der Waals surface area (Å²) < 4.78 is 0.974. The summed E-state index contributed by atoms with van der Waals surface area (Å²) >= 11 is 6.51. The molecule has 2 rings (SSSR count). The van der Waals surface area contributed by atoms with Gasteiger partial charge in [0.15, 0.2) is 0 Å². The second-order valence-electron chi connectivity index (χ2n) is 3.35. The average Bonchev–Trinajstić information content (AvgIpc) is 2.87. The van der Waals surface area contributed by atoms with Gasteiger partial charge in [-0.25, -0.2) is 0 Å². The summed E-state index contributed by atoms with van der Waals surface area (Å²) in [5.74, 6) is -0.0251. The molecule has 1 unspecified atom stereocenters. The number of nitrogens with one attached hydrogen (secondary N) is 1. The standard InChI is InChI=1S/C11H10BrNOS2/c1-7(9-3-2-4-15-9)13-11(14)8-5-10(12)16-6-8/h2-7H,1H3,(H,13,14). The van der Waals surface area contributed by atoms with Gasteiger partial charge in [-0.15, -0.1) is 22.7 Å². The van der Waals surface area contributed by atoms with Crippen molar-refractivity contribution < 1.29 is 4.79 Å². The Kier molecular flexibility index (Phi) is 3.78. The molecule has 0 fully saturated rings. The molecule has 0 saturated heterocycles. The number of carbonyl (C=O) groups excluding carboxylic acids is 1. The normalized spacial score (nSPS) is 12.4. The molecule has 0 aliphatic rings. The fourth-order valence-corrected chi connectivity index (χ4v) is 3.19. The van der Waals surface area contributed by atoms with Crippen LogP contribution in [0.1, 0.15) is 28.2 Å². The van der Waals surface area contributed by atoms with Gasteiger partial charge >= 0.3 is 0 Å². The maximum absolute atomic E-state index is 11.8. The van der Waals surface area contributed by atoms with Gasteiger partial charge in [0.1, 0.15) is 0 Å². The minimum absolute atomic E-state index is 0.0251. The lowest BCUT2D eigenvalue weighted by Crippen LogP contribution is -2.25. The largest absolute Gasteiger partial charge is 0.345 e. The number of halogens is 1. The van der Waals surface area contributed by atoms with E-state index in [1.807, 2.05) is 35.9 Å². The Hall–Kier alpha value is -0.650. The third kappa shape index (κ3) is 2.72. The zero-order valence-electron chi connectivity index (χ0n) is 8.57. The van der Waals surface area contributed by atoms with Crippen molar-refractivity contribution in [2.24, 2.45) is 0 Å². The molecule has 2 heterocycles. The van der Waals surface area contributed by atoms with Crippen molar-refractivity contribution in [1.29, 1.82) is 0 Å². The van der Waals surface area contributed by atoms with Crippen molar-refractivity contribution in [3.8, 4) is 0 Å². The van der Waals surface area contributed by atoms with Gasteiger partial charge in [0, 0.05) is 10.3 Å². The quantitative estimate of drug-likeness (QED) is 0.909. The van der Waals surface area contributed by atoms with Crippen LogP contribution in [0.5, 0.6) is 0 Å². The van der Waals surface area contributed by atoms with E-state index in [9.17, 15) is 4.79 Å². The molecule has 16 heavy (non-hydrogen) atoms. The number of hydrogen-bond acceptors (Lipinski definition) is 3. The Morgan fingerprint density at radius 2 is 2.31 bits per heavy atom. The third-order valence-corrected chi connectivity index (χ3v) is 4.71. The second-order valence-corrected chi connectivity index (χ2v) is 6.62. The molecule has 5 heteroatoms. The van der Waals surface area contributed by atoms with E-state index in [4.69, 9.17) is 0 Å². The molecule has 0 radical (unpaired) electrons. The van der Waals surface area contributed by atoms with E-state index in [-0.39, 0.29) is 11.9 Å². The highest BCUT2D eigenvalue weighted by molar-refractivity contribution is 9.11. The van der Waals surface area contributed by atoms with Crippen molar-refractivity contribution in [3.05, 3.63) is 43.2 Å². The molecule has 2 aromatic rings. The highest BCUT2D eigenvalue weighted by Crippen LogP contribution is 2.22. The lowest BCUT2D eigenvalue weighted by molar-refractivity contribution is 0.0941. The Balaban J connectivity index is 2.03. The van der Waals surface area contributed by atoms with Crippen LogP contribution in [0.3, 0.4) is 0 Å². The van der Waals surface area contributed by atoms with E-state index in [1.165, 1.54) is 16.2 Å². The van der Waals surface area contributed by atoms with Gasteiger partial charge in [-0.2, -0.15) is 0 Å². The topological polar surface area (TPSA) is 29.1 Å². The monoisotopic (exact) mass is 315 g/mol. The molecule has 84 valence electrons. The Morgan fingerprint density at radius 3 is 2.88 bits per heavy atom. The van der Waals surface area contributed by atoms with E-state index in [2.05, 4.69) is 21.2 Å². The van der Waals surface area contributed by atoms with Gasteiger partial charge in [-0.3, -0.25) is 4.79 Å². The summed E-state index contributed by atoms with van der Waals surface area (Å²) in [6.45, 7) is 1.99. The summed E-state index contributed by atoms with van der Waals surface area (Å²) in [5.41, 5.74) is 0.709. The summed E-state index contributed by atoms with van der Waals surface area (Å²) in [6, 6.07) is 5.91. The van der Waals surface area contributed by atoms with Crippen LogP contribution in [0.2, 0.25) is 0 Å². The molecule has 0 saturated carbocycles. The smallest absolute Gasteiger partial charge is 0.252 e. The molecule has 0 spiro atoms. The molecule has 0 aliphatic heterocycles. The van der Waals surface area contributed by atoms with Crippen LogP contribution in [0.25, 0.3) is 0 Å². The molecule has 0 aliphatic carbocycles. The van der Waals surface area contributed by atoms with Crippen LogP contribution in [-0.4, -0.2) is 5.91 Å².